The molecule has 0 aromatic heterocycles. The molecule has 0 aliphatic carbocycles. The van der Waals surface area contributed by atoms with Gasteiger partial charge in [-0.3, -0.25) is 0 Å². The minimum absolute atomic E-state index is 0.0610. The molecule has 0 saturated heterocycles. The predicted molar refractivity (Wildman–Crippen MR) is 125 cm³/mol. The molecule has 166 valence electrons. The highest BCUT2D eigenvalue weighted by Crippen LogP contribution is 2.40. The van der Waals surface area contributed by atoms with Crippen LogP contribution in [0.1, 0.15) is 38.8 Å². The molecule has 2 rings (SSSR count). The molecular formula is C23H35NO4SSi. The van der Waals surface area contributed by atoms with Crippen molar-refractivity contribution >= 4 is 18.3 Å². The molecule has 0 radical (unpaired) electrons. The van der Waals surface area contributed by atoms with Gasteiger partial charge in [-0.1, -0.05) is 81.4 Å². The Bertz CT molecular complexity index is 885. The second-order valence-electron chi connectivity index (χ2n) is 9.45. The van der Waals surface area contributed by atoms with E-state index in [0.29, 0.717) is 11.1 Å². The molecule has 0 heterocycles. The molecule has 0 amide bonds. The maximum absolute atomic E-state index is 12.4. The maximum Gasteiger partial charge on any atom is 0.209 e. The molecule has 2 unspecified atom stereocenters. The smallest absolute Gasteiger partial charge is 0.209 e. The summed E-state index contributed by atoms with van der Waals surface area (Å²) < 4.78 is 33.9. The lowest BCUT2D eigenvalue weighted by atomic mass is 9.78. The molecule has 0 spiro atoms. The van der Waals surface area contributed by atoms with Gasteiger partial charge in [0.25, 0.3) is 0 Å². The van der Waals surface area contributed by atoms with Crippen LogP contribution in [0.2, 0.25) is 18.1 Å². The van der Waals surface area contributed by atoms with Crippen LogP contribution in [-0.4, -0.2) is 40.2 Å². The van der Waals surface area contributed by atoms with Crippen LogP contribution in [0.25, 0.3) is 0 Å². The van der Waals surface area contributed by atoms with Gasteiger partial charge < -0.3 is 9.53 Å². The molecule has 0 fully saturated rings. The first-order valence-electron chi connectivity index (χ1n) is 10.2. The molecule has 0 saturated carbocycles. The van der Waals surface area contributed by atoms with E-state index < -0.39 is 36.1 Å². The highest BCUT2D eigenvalue weighted by molar-refractivity contribution is 7.88. The van der Waals surface area contributed by atoms with Gasteiger partial charge in [-0.2, -0.15) is 0 Å². The first-order valence-corrected chi connectivity index (χ1v) is 15.0. The Morgan fingerprint density at radius 2 is 1.33 bits per heavy atom. The Hall–Kier alpha value is -1.51. The minimum Gasteiger partial charge on any atom is -0.412 e. The third-order valence-electron chi connectivity index (χ3n) is 5.98. The fourth-order valence-corrected chi connectivity index (χ4v) is 5.61. The first kappa shape index (κ1) is 24.8. The lowest BCUT2D eigenvalue weighted by molar-refractivity contribution is -0.00261. The molecular weight excluding hydrogens is 414 g/mol. The first-order chi connectivity index (χ1) is 13.7. The lowest BCUT2D eigenvalue weighted by Crippen LogP contribution is -2.59. The van der Waals surface area contributed by atoms with Crippen molar-refractivity contribution < 1.29 is 18.0 Å². The molecule has 2 atom stereocenters. The van der Waals surface area contributed by atoms with Gasteiger partial charge in [-0.05, 0) is 36.2 Å². The highest BCUT2D eigenvalue weighted by Gasteiger charge is 2.48. The summed E-state index contributed by atoms with van der Waals surface area (Å²) in [7, 11) is -5.87. The quantitative estimate of drug-likeness (QED) is 0.591. The van der Waals surface area contributed by atoms with Crippen molar-refractivity contribution in [3.63, 3.8) is 0 Å². The topological polar surface area (TPSA) is 75.6 Å². The Morgan fingerprint density at radius 1 is 0.933 bits per heavy atom. The van der Waals surface area contributed by atoms with Crippen molar-refractivity contribution in [2.24, 2.45) is 0 Å². The summed E-state index contributed by atoms with van der Waals surface area (Å²) in [6.45, 7) is 12.5. The van der Waals surface area contributed by atoms with Crippen molar-refractivity contribution in [1.82, 2.24) is 4.72 Å². The van der Waals surface area contributed by atoms with Crippen molar-refractivity contribution in [3.8, 4) is 0 Å². The van der Waals surface area contributed by atoms with Crippen LogP contribution in [0.4, 0.5) is 0 Å². The van der Waals surface area contributed by atoms with E-state index in [9.17, 15) is 13.5 Å². The summed E-state index contributed by atoms with van der Waals surface area (Å²) in [5, 5.41) is 12.1. The number of hydrogen-bond donors (Lipinski definition) is 2. The SMILES string of the molecule is CC(O[Si](C)(C)C(C)(C)C)C(NS(C)(=O)=O)C(O)(c1ccccc1)c1ccccc1. The summed E-state index contributed by atoms with van der Waals surface area (Å²) in [6.07, 6.45) is 0.529. The number of sulfonamides is 1. The zero-order valence-electron chi connectivity index (χ0n) is 19.0. The van der Waals surface area contributed by atoms with E-state index in [4.69, 9.17) is 4.43 Å². The monoisotopic (exact) mass is 449 g/mol. The summed E-state index contributed by atoms with van der Waals surface area (Å²) in [5.74, 6) is 0. The Morgan fingerprint density at radius 3 is 1.67 bits per heavy atom. The van der Waals surface area contributed by atoms with Crippen LogP contribution >= 0.6 is 0 Å². The summed E-state index contributed by atoms with van der Waals surface area (Å²) in [4.78, 5) is 0. The van der Waals surface area contributed by atoms with E-state index in [0.717, 1.165) is 6.26 Å². The number of hydrogen-bond acceptors (Lipinski definition) is 4. The molecule has 0 bridgehead atoms. The fourth-order valence-electron chi connectivity index (χ4n) is 3.37. The molecule has 5 nitrogen and oxygen atoms in total. The predicted octanol–water partition coefficient (Wildman–Crippen LogP) is 4.25. The zero-order chi connectivity index (χ0) is 22.8. The molecule has 2 aromatic rings. The Labute approximate surface area is 182 Å². The van der Waals surface area contributed by atoms with Crippen molar-refractivity contribution in [1.29, 1.82) is 0 Å². The molecule has 7 heteroatoms. The highest BCUT2D eigenvalue weighted by atomic mass is 32.2. The van der Waals surface area contributed by atoms with Gasteiger partial charge in [0.15, 0.2) is 8.32 Å². The van der Waals surface area contributed by atoms with Crippen LogP contribution in [-0.2, 0) is 20.1 Å². The average Bonchev–Trinajstić information content (AvgIpc) is 2.65. The van der Waals surface area contributed by atoms with Gasteiger partial charge in [0, 0.05) is 0 Å². The normalized spacial score (nSPS) is 15.6. The molecule has 0 aliphatic rings. The standard InChI is InChI=1S/C23H35NO4SSi/c1-18(28-30(6,7)22(2,3)4)21(24-29(5,26)27)23(25,19-14-10-8-11-15-19)20-16-12-9-13-17-20/h8-18,21,24-25H,1-7H3. The third kappa shape index (κ3) is 5.59. The second kappa shape index (κ2) is 8.92. The third-order valence-corrected chi connectivity index (χ3v) is 11.2. The number of nitrogens with one attached hydrogen (secondary N) is 1. The van der Waals surface area contributed by atoms with Gasteiger partial charge in [-0.15, -0.1) is 0 Å². The van der Waals surface area contributed by atoms with Gasteiger partial charge in [0.2, 0.25) is 10.0 Å². The van der Waals surface area contributed by atoms with Gasteiger partial charge in [-0.25, -0.2) is 13.1 Å². The zero-order valence-corrected chi connectivity index (χ0v) is 20.8. The van der Waals surface area contributed by atoms with Crippen LogP contribution in [0.15, 0.2) is 60.7 Å². The van der Waals surface area contributed by atoms with Crippen LogP contribution in [0.3, 0.4) is 0 Å². The summed E-state index contributed by atoms with van der Waals surface area (Å²) in [5.41, 5.74) is -0.418. The molecule has 2 N–H and O–H groups in total. The molecule has 2 aromatic carbocycles. The van der Waals surface area contributed by atoms with Crippen molar-refractivity contribution in [2.45, 2.75) is 63.6 Å². The van der Waals surface area contributed by atoms with E-state index in [-0.39, 0.29) is 5.04 Å². The number of rotatable bonds is 8. The average molecular weight is 450 g/mol. The van der Waals surface area contributed by atoms with E-state index >= 15 is 0 Å². The van der Waals surface area contributed by atoms with Gasteiger partial charge in [0.1, 0.15) is 5.60 Å². The van der Waals surface area contributed by atoms with E-state index in [1.54, 1.807) is 0 Å². The molecule has 0 aliphatic heterocycles. The largest absolute Gasteiger partial charge is 0.412 e. The Kier molecular flexibility index (Phi) is 7.36. The van der Waals surface area contributed by atoms with Crippen LogP contribution < -0.4 is 4.72 Å². The summed E-state index contributed by atoms with van der Waals surface area (Å²) in [6, 6.07) is 17.4. The van der Waals surface area contributed by atoms with Crippen molar-refractivity contribution in [3.05, 3.63) is 71.8 Å². The number of aliphatic hydroxyl groups is 1. The summed E-state index contributed by atoms with van der Waals surface area (Å²) >= 11 is 0. The second-order valence-corrected chi connectivity index (χ2v) is 16.0. The van der Waals surface area contributed by atoms with E-state index in [2.05, 4.69) is 38.6 Å². The minimum atomic E-state index is -3.63. The lowest BCUT2D eigenvalue weighted by Gasteiger charge is -2.45. The van der Waals surface area contributed by atoms with Crippen LogP contribution in [0, 0.1) is 0 Å². The number of benzene rings is 2. The van der Waals surface area contributed by atoms with E-state index in [1.165, 1.54) is 0 Å². The molecule has 30 heavy (non-hydrogen) atoms. The van der Waals surface area contributed by atoms with Crippen LogP contribution in [0.5, 0.6) is 0 Å². The van der Waals surface area contributed by atoms with Gasteiger partial charge in [0.05, 0.1) is 18.4 Å². The Balaban J connectivity index is 2.66. The van der Waals surface area contributed by atoms with Gasteiger partial charge >= 0.3 is 0 Å². The fraction of sp³-hybridized carbons (Fsp3) is 0.478. The van der Waals surface area contributed by atoms with E-state index in [1.807, 2.05) is 67.6 Å². The maximum atomic E-state index is 12.4. The van der Waals surface area contributed by atoms with Crippen molar-refractivity contribution in [2.75, 3.05) is 6.26 Å².